The first-order valence-corrected chi connectivity index (χ1v) is 7.89. The molecular weight excluding hydrogens is 266 g/mol. The van der Waals surface area contributed by atoms with Crippen molar-refractivity contribution >= 4 is 11.7 Å². The van der Waals surface area contributed by atoms with Gasteiger partial charge in [0, 0.05) is 5.69 Å². The summed E-state index contributed by atoms with van der Waals surface area (Å²) in [6.45, 7) is 4.33. The van der Waals surface area contributed by atoms with Gasteiger partial charge in [0.15, 0.2) is 0 Å². The fourth-order valence-electron chi connectivity index (χ4n) is 2.98. The van der Waals surface area contributed by atoms with Gasteiger partial charge in [0.2, 0.25) is 0 Å². The molecular formula is C17H25NO3. The number of hydrogen-bond donors (Lipinski definition) is 1. The van der Waals surface area contributed by atoms with E-state index in [1.165, 1.54) is 19.3 Å². The molecule has 0 radical (unpaired) electrons. The van der Waals surface area contributed by atoms with Crippen LogP contribution in [-0.4, -0.2) is 18.7 Å². The maximum atomic E-state index is 12.1. The van der Waals surface area contributed by atoms with Crippen LogP contribution in [0.15, 0.2) is 18.2 Å². The lowest BCUT2D eigenvalue weighted by atomic mass is 9.84. The average Bonchev–Trinajstić information content (AvgIpc) is 2.49. The highest BCUT2D eigenvalue weighted by Crippen LogP contribution is 2.32. The van der Waals surface area contributed by atoms with Gasteiger partial charge in [-0.05, 0) is 56.7 Å². The standard InChI is InChI=1S/C17H25NO3/c1-3-12-7-5-6-8-15(12)21-16-10-9-13(18)11-14(16)17(19)20-4-2/h9-12,15H,3-8,18H2,1-2H3. The Labute approximate surface area is 126 Å². The lowest BCUT2D eigenvalue weighted by Gasteiger charge is -2.31. The van der Waals surface area contributed by atoms with Crippen molar-refractivity contribution in [3.05, 3.63) is 23.8 Å². The molecule has 1 aliphatic rings. The third kappa shape index (κ3) is 3.90. The first kappa shape index (κ1) is 15.7. The Balaban J connectivity index is 2.20. The summed E-state index contributed by atoms with van der Waals surface area (Å²) in [6, 6.07) is 5.18. The molecule has 1 aromatic carbocycles. The molecule has 0 aliphatic heterocycles. The predicted octanol–water partition coefficient (Wildman–Crippen LogP) is 3.79. The van der Waals surface area contributed by atoms with E-state index in [4.69, 9.17) is 15.2 Å². The van der Waals surface area contributed by atoms with Crippen LogP contribution in [0.4, 0.5) is 5.69 Å². The van der Waals surface area contributed by atoms with Gasteiger partial charge < -0.3 is 15.2 Å². The quantitative estimate of drug-likeness (QED) is 0.662. The van der Waals surface area contributed by atoms with Crippen molar-refractivity contribution in [2.45, 2.75) is 52.1 Å². The average molecular weight is 291 g/mol. The molecule has 1 aliphatic carbocycles. The first-order chi connectivity index (χ1) is 10.2. The van der Waals surface area contributed by atoms with Gasteiger partial charge in [-0.25, -0.2) is 4.79 Å². The minimum Gasteiger partial charge on any atom is -0.489 e. The maximum absolute atomic E-state index is 12.1. The van der Waals surface area contributed by atoms with Crippen LogP contribution in [-0.2, 0) is 4.74 Å². The fraction of sp³-hybridized carbons (Fsp3) is 0.588. The molecule has 0 saturated heterocycles. The van der Waals surface area contributed by atoms with Gasteiger partial charge in [0.25, 0.3) is 0 Å². The van der Waals surface area contributed by atoms with E-state index in [0.29, 0.717) is 29.5 Å². The summed E-state index contributed by atoms with van der Waals surface area (Å²) in [4.78, 5) is 12.1. The lowest BCUT2D eigenvalue weighted by molar-refractivity contribution is 0.0505. The first-order valence-electron chi connectivity index (χ1n) is 7.89. The van der Waals surface area contributed by atoms with Crippen molar-refractivity contribution in [2.24, 2.45) is 5.92 Å². The summed E-state index contributed by atoms with van der Waals surface area (Å²) in [5.74, 6) is 0.781. The Morgan fingerprint density at radius 3 is 2.76 bits per heavy atom. The van der Waals surface area contributed by atoms with Crippen LogP contribution in [0.25, 0.3) is 0 Å². The summed E-state index contributed by atoms with van der Waals surface area (Å²) >= 11 is 0. The molecule has 0 spiro atoms. The van der Waals surface area contributed by atoms with Gasteiger partial charge in [0.05, 0.1) is 6.61 Å². The van der Waals surface area contributed by atoms with Gasteiger partial charge in [0.1, 0.15) is 17.4 Å². The molecule has 2 atom stereocenters. The number of ether oxygens (including phenoxy) is 2. The van der Waals surface area contributed by atoms with E-state index in [0.717, 1.165) is 12.8 Å². The van der Waals surface area contributed by atoms with E-state index >= 15 is 0 Å². The number of hydrogen-bond acceptors (Lipinski definition) is 4. The van der Waals surface area contributed by atoms with E-state index in [2.05, 4.69) is 6.92 Å². The molecule has 1 saturated carbocycles. The Morgan fingerprint density at radius 2 is 2.05 bits per heavy atom. The van der Waals surface area contributed by atoms with Gasteiger partial charge in [-0.1, -0.05) is 13.3 Å². The lowest BCUT2D eigenvalue weighted by Crippen LogP contribution is -2.30. The zero-order valence-electron chi connectivity index (χ0n) is 12.9. The molecule has 0 amide bonds. The van der Waals surface area contributed by atoms with E-state index in [9.17, 15) is 4.79 Å². The van der Waals surface area contributed by atoms with Crippen LogP contribution in [0, 0.1) is 5.92 Å². The van der Waals surface area contributed by atoms with E-state index in [1.54, 1.807) is 25.1 Å². The third-order valence-electron chi connectivity index (χ3n) is 4.14. The zero-order chi connectivity index (χ0) is 15.2. The minimum absolute atomic E-state index is 0.181. The maximum Gasteiger partial charge on any atom is 0.341 e. The van der Waals surface area contributed by atoms with Crippen LogP contribution in [0.2, 0.25) is 0 Å². The van der Waals surface area contributed by atoms with Crippen LogP contribution >= 0.6 is 0 Å². The highest BCUT2D eigenvalue weighted by atomic mass is 16.5. The van der Waals surface area contributed by atoms with E-state index < -0.39 is 0 Å². The van der Waals surface area contributed by atoms with Crippen molar-refractivity contribution in [3.8, 4) is 5.75 Å². The molecule has 116 valence electrons. The normalized spacial score (nSPS) is 21.8. The number of carbonyl (C=O) groups excluding carboxylic acids is 1. The van der Waals surface area contributed by atoms with Crippen molar-refractivity contribution in [1.29, 1.82) is 0 Å². The van der Waals surface area contributed by atoms with Crippen LogP contribution in [0.3, 0.4) is 0 Å². The number of esters is 1. The topological polar surface area (TPSA) is 61.5 Å². The predicted molar refractivity (Wildman–Crippen MR) is 83.5 cm³/mol. The largest absolute Gasteiger partial charge is 0.489 e. The molecule has 0 heterocycles. The molecule has 2 unspecified atom stereocenters. The summed E-state index contributed by atoms with van der Waals surface area (Å²) in [7, 11) is 0. The van der Waals surface area contributed by atoms with Crippen molar-refractivity contribution < 1.29 is 14.3 Å². The van der Waals surface area contributed by atoms with Gasteiger partial charge in [-0.3, -0.25) is 0 Å². The molecule has 4 heteroatoms. The molecule has 21 heavy (non-hydrogen) atoms. The van der Waals surface area contributed by atoms with E-state index in [-0.39, 0.29) is 12.1 Å². The van der Waals surface area contributed by atoms with Crippen molar-refractivity contribution in [1.82, 2.24) is 0 Å². The molecule has 0 bridgehead atoms. The van der Waals surface area contributed by atoms with Gasteiger partial charge in [-0.2, -0.15) is 0 Å². The van der Waals surface area contributed by atoms with Crippen LogP contribution < -0.4 is 10.5 Å². The summed E-state index contributed by atoms with van der Waals surface area (Å²) in [5, 5.41) is 0. The highest BCUT2D eigenvalue weighted by molar-refractivity contribution is 5.93. The summed E-state index contributed by atoms with van der Waals surface area (Å²) in [5.41, 5.74) is 6.76. The number of anilines is 1. The number of nitrogen functional groups attached to an aromatic ring is 1. The number of carbonyl (C=O) groups is 1. The SMILES string of the molecule is CCOC(=O)c1cc(N)ccc1OC1CCCCC1CC. The summed E-state index contributed by atoms with van der Waals surface area (Å²) in [6.07, 6.45) is 5.99. The second-order valence-electron chi connectivity index (χ2n) is 5.59. The molecule has 2 N–H and O–H groups in total. The van der Waals surface area contributed by atoms with Crippen molar-refractivity contribution in [3.63, 3.8) is 0 Å². The Kier molecular flexibility index (Phi) is 5.48. The number of benzene rings is 1. The van der Waals surface area contributed by atoms with Gasteiger partial charge in [-0.15, -0.1) is 0 Å². The zero-order valence-corrected chi connectivity index (χ0v) is 12.9. The highest BCUT2D eigenvalue weighted by Gasteiger charge is 2.27. The second-order valence-corrected chi connectivity index (χ2v) is 5.59. The number of nitrogens with two attached hydrogens (primary N) is 1. The van der Waals surface area contributed by atoms with Gasteiger partial charge >= 0.3 is 5.97 Å². The second kappa shape index (κ2) is 7.34. The monoisotopic (exact) mass is 291 g/mol. The Morgan fingerprint density at radius 1 is 1.29 bits per heavy atom. The Bertz CT molecular complexity index is 487. The summed E-state index contributed by atoms with van der Waals surface area (Å²) < 4.78 is 11.2. The smallest absolute Gasteiger partial charge is 0.341 e. The molecule has 1 fully saturated rings. The Hall–Kier alpha value is -1.71. The van der Waals surface area contributed by atoms with Crippen LogP contribution in [0.5, 0.6) is 5.75 Å². The molecule has 4 nitrogen and oxygen atoms in total. The third-order valence-corrected chi connectivity index (χ3v) is 4.14. The molecule has 1 aromatic rings. The molecule has 0 aromatic heterocycles. The molecule has 2 rings (SSSR count). The van der Waals surface area contributed by atoms with Crippen LogP contribution in [0.1, 0.15) is 56.3 Å². The number of rotatable bonds is 5. The van der Waals surface area contributed by atoms with E-state index in [1.807, 2.05) is 0 Å². The van der Waals surface area contributed by atoms with Crippen molar-refractivity contribution in [2.75, 3.05) is 12.3 Å². The fourth-order valence-corrected chi connectivity index (χ4v) is 2.98. The minimum atomic E-state index is -0.372.